The molecule has 2 aliphatic heterocycles. The third-order valence-corrected chi connectivity index (χ3v) is 6.94. The first-order chi connectivity index (χ1) is 12.8. The summed E-state index contributed by atoms with van der Waals surface area (Å²) in [4.78, 5) is 5.06. The average molecular weight is 385 g/mol. The second-order valence-electron chi connectivity index (χ2n) is 7.28. The fraction of sp³-hybridized carbons (Fsp3) is 0.409. The molecule has 26 heavy (non-hydrogen) atoms. The number of aryl methyl sites for hydroxylation is 1. The van der Waals surface area contributed by atoms with E-state index in [1.807, 2.05) is 12.1 Å². The summed E-state index contributed by atoms with van der Waals surface area (Å²) in [6.45, 7) is 0.852. The van der Waals surface area contributed by atoms with Gasteiger partial charge in [0.2, 0.25) is 0 Å². The normalized spacial score (nSPS) is 20.0. The number of thioether (sulfide) groups is 1. The number of anilines is 1. The van der Waals surface area contributed by atoms with Gasteiger partial charge in [-0.25, -0.2) is 0 Å². The molecule has 0 amide bonds. The molecule has 0 unspecified atom stereocenters. The summed E-state index contributed by atoms with van der Waals surface area (Å²) < 4.78 is 0. The second-order valence-corrected chi connectivity index (χ2v) is 8.91. The van der Waals surface area contributed by atoms with Gasteiger partial charge in [-0.3, -0.25) is 4.99 Å². The van der Waals surface area contributed by atoms with Crippen LogP contribution < -0.4 is 5.32 Å². The number of nitrogens with one attached hydrogen (secondary N) is 1. The van der Waals surface area contributed by atoms with Gasteiger partial charge in [0.05, 0.1) is 0 Å². The molecule has 2 heterocycles. The van der Waals surface area contributed by atoms with Gasteiger partial charge in [0.1, 0.15) is 5.84 Å². The predicted molar refractivity (Wildman–Crippen MR) is 115 cm³/mol. The Morgan fingerprint density at radius 1 is 1.04 bits per heavy atom. The predicted octanol–water partition coefficient (Wildman–Crippen LogP) is 5.85. The lowest BCUT2D eigenvalue weighted by atomic mass is 9.73. The number of aliphatic imine (C=N–C) groups is 1. The van der Waals surface area contributed by atoms with Crippen LogP contribution in [0.15, 0.2) is 53.5 Å². The molecule has 1 saturated heterocycles. The van der Waals surface area contributed by atoms with Crippen LogP contribution >= 0.6 is 23.4 Å². The van der Waals surface area contributed by atoms with Gasteiger partial charge in [-0.1, -0.05) is 48.0 Å². The molecule has 2 nitrogen and oxygen atoms in total. The molecule has 2 aromatic carbocycles. The van der Waals surface area contributed by atoms with Gasteiger partial charge in [0, 0.05) is 22.7 Å². The highest BCUT2D eigenvalue weighted by atomic mass is 35.5. The van der Waals surface area contributed by atoms with Crippen molar-refractivity contribution < 1.29 is 0 Å². The number of rotatable bonds is 4. The van der Waals surface area contributed by atoms with Crippen molar-refractivity contribution in [2.75, 3.05) is 23.4 Å². The minimum Gasteiger partial charge on any atom is -0.343 e. The molecule has 0 aliphatic carbocycles. The number of para-hydroxylation sites is 1. The van der Waals surface area contributed by atoms with Crippen LogP contribution in [0.1, 0.15) is 30.4 Å². The molecule has 0 radical (unpaired) electrons. The molecule has 4 heteroatoms. The molecule has 4 rings (SSSR count). The molecule has 2 aromatic rings. The summed E-state index contributed by atoms with van der Waals surface area (Å²) in [5.41, 5.74) is 4.11. The van der Waals surface area contributed by atoms with E-state index in [0.717, 1.165) is 30.8 Å². The fourth-order valence-corrected chi connectivity index (χ4v) is 5.55. The maximum Gasteiger partial charge on any atom is 0.107 e. The molecule has 0 aromatic heterocycles. The van der Waals surface area contributed by atoms with Gasteiger partial charge < -0.3 is 5.32 Å². The Morgan fingerprint density at radius 2 is 1.81 bits per heavy atom. The summed E-state index contributed by atoms with van der Waals surface area (Å²) in [6, 6.07) is 16.8. The van der Waals surface area contributed by atoms with E-state index < -0.39 is 0 Å². The van der Waals surface area contributed by atoms with Crippen molar-refractivity contribution >= 4 is 34.9 Å². The Labute approximate surface area is 165 Å². The van der Waals surface area contributed by atoms with Crippen molar-refractivity contribution in [2.24, 2.45) is 10.4 Å². The van der Waals surface area contributed by atoms with Gasteiger partial charge in [-0.15, -0.1) is 0 Å². The van der Waals surface area contributed by atoms with E-state index in [-0.39, 0.29) is 5.41 Å². The third-order valence-electron chi connectivity index (χ3n) is 5.58. The van der Waals surface area contributed by atoms with Gasteiger partial charge >= 0.3 is 0 Å². The summed E-state index contributed by atoms with van der Waals surface area (Å²) in [5, 5.41) is 4.55. The zero-order valence-corrected chi connectivity index (χ0v) is 16.6. The summed E-state index contributed by atoms with van der Waals surface area (Å²) in [7, 11) is 0. The lowest BCUT2D eigenvalue weighted by Gasteiger charge is -2.42. The van der Waals surface area contributed by atoms with Crippen LogP contribution in [-0.4, -0.2) is 23.9 Å². The first-order valence-corrected chi connectivity index (χ1v) is 11.0. The minimum absolute atomic E-state index is 0.212. The van der Waals surface area contributed by atoms with Gasteiger partial charge in [-0.2, -0.15) is 11.8 Å². The zero-order valence-electron chi connectivity index (χ0n) is 15.0. The fourth-order valence-electron chi connectivity index (χ4n) is 4.05. The van der Waals surface area contributed by atoms with Crippen LogP contribution in [0.25, 0.3) is 0 Å². The monoisotopic (exact) mass is 384 g/mol. The third kappa shape index (κ3) is 3.79. The molecule has 0 atom stereocenters. The van der Waals surface area contributed by atoms with Crippen LogP contribution in [0, 0.1) is 5.41 Å². The minimum atomic E-state index is 0.212. The van der Waals surface area contributed by atoms with E-state index in [4.69, 9.17) is 16.6 Å². The van der Waals surface area contributed by atoms with Crippen molar-refractivity contribution in [3.8, 4) is 0 Å². The summed E-state index contributed by atoms with van der Waals surface area (Å²) in [6.07, 6.45) is 5.59. The number of hydrogen-bond donors (Lipinski definition) is 1. The quantitative estimate of drug-likeness (QED) is 0.668. The van der Waals surface area contributed by atoms with Crippen LogP contribution in [0.2, 0.25) is 5.02 Å². The number of fused-ring (bicyclic) bond motifs is 1. The SMILES string of the molecule is Clc1ccccc1CCCN=C1Nc2ccccc2CC12CCSCC2. The smallest absolute Gasteiger partial charge is 0.107 e. The molecule has 136 valence electrons. The molecular formula is C22H25ClN2S. The first-order valence-electron chi connectivity index (χ1n) is 9.48. The van der Waals surface area contributed by atoms with Crippen molar-refractivity contribution in [1.82, 2.24) is 0 Å². The van der Waals surface area contributed by atoms with Crippen molar-refractivity contribution in [3.05, 3.63) is 64.7 Å². The average Bonchev–Trinajstić information content (AvgIpc) is 2.67. The summed E-state index contributed by atoms with van der Waals surface area (Å²) in [5.74, 6) is 3.70. The van der Waals surface area contributed by atoms with Gasteiger partial charge in [0.25, 0.3) is 0 Å². The highest BCUT2D eigenvalue weighted by Crippen LogP contribution is 2.44. The summed E-state index contributed by atoms with van der Waals surface area (Å²) >= 11 is 8.35. The Morgan fingerprint density at radius 3 is 2.65 bits per heavy atom. The molecule has 0 bridgehead atoms. The standard InChI is InChI=1S/C22H25ClN2S/c23-19-9-3-1-6-17(19)8-5-13-24-21-22(11-14-26-15-12-22)16-18-7-2-4-10-20(18)25-21/h1-4,6-7,9-10H,5,8,11-16H2,(H,24,25). The van der Waals surface area contributed by atoms with Crippen LogP contribution in [0.5, 0.6) is 0 Å². The first kappa shape index (κ1) is 17.9. The highest BCUT2D eigenvalue weighted by molar-refractivity contribution is 7.99. The van der Waals surface area contributed by atoms with E-state index in [1.165, 1.54) is 47.0 Å². The van der Waals surface area contributed by atoms with E-state index in [2.05, 4.69) is 53.5 Å². The van der Waals surface area contributed by atoms with Gasteiger partial charge in [-0.05, 0) is 66.9 Å². The second kappa shape index (κ2) is 8.06. The molecule has 1 fully saturated rings. The molecule has 2 aliphatic rings. The lowest BCUT2D eigenvalue weighted by Crippen LogP contribution is -2.44. The van der Waals surface area contributed by atoms with Crippen molar-refractivity contribution in [1.29, 1.82) is 0 Å². The Bertz CT molecular complexity index is 796. The number of nitrogens with zero attached hydrogens (tertiary/aromatic N) is 1. The lowest BCUT2D eigenvalue weighted by molar-refractivity contribution is 0.377. The van der Waals surface area contributed by atoms with Gasteiger partial charge in [0.15, 0.2) is 0 Å². The van der Waals surface area contributed by atoms with Crippen LogP contribution in [-0.2, 0) is 12.8 Å². The van der Waals surface area contributed by atoms with Crippen LogP contribution in [0.3, 0.4) is 0 Å². The highest BCUT2D eigenvalue weighted by Gasteiger charge is 2.41. The molecular weight excluding hydrogens is 360 g/mol. The van der Waals surface area contributed by atoms with Crippen molar-refractivity contribution in [3.63, 3.8) is 0 Å². The van der Waals surface area contributed by atoms with E-state index in [1.54, 1.807) is 0 Å². The molecule has 1 N–H and O–H groups in total. The number of halogens is 1. The Kier molecular flexibility index (Phi) is 5.56. The maximum atomic E-state index is 6.27. The van der Waals surface area contributed by atoms with Crippen LogP contribution in [0.4, 0.5) is 5.69 Å². The zero-order chi connectivity index (χ0) is 17.8. The largest absolute Gasteiger partial charge is 0.343 e. The topological polar surface area (TPSA) is 24.4 Å². The Balaban J connectivity index is 1.49. The molecule has 1 spiro atoms. The number of amidine groups is 1. The van der Waals surface area contributed by atoms with E-state index >= 15 is 0 Å². The number of benzene rings is 2. The maximum absolute atomic E-state index is 6.27. The number of hydrogen-bond acceptors (Lipinski definition) is 2. The van der Waals surface area contributed by atoms with Crippen molar-refractivity contribution in [2.45, 2.75) is 32.1 Å². The van der Waals surface area contributed by atoms with E-state index in [9.17, 15) is 0 Å². The molecule has 0 saturated carbocycles. The Hall–Kier alpha value is -1.45. The van der Waals surface area contributed by atoms with E-state index in [0.29, 0.717) is 0 Å².